The minimum atomic E-state index is 0.585. The number of thiocarbonyl (C=S) groups is 1. The number of aromatic nitrogens is 1. The van der Waals surface area contributed by atoms with Crippen LogP contribution in [0.4, 0.5) is 0 Å². The molecule has 4 nitrogen and oxygen atoms in total. The van der Waals surface area contributed by atoms with Gasteiger partial charge in [0.25, 0.3) is 0 Å². The van der Waals surface area contributed by atoms with E-state index < -0.39 is 0 Å². The maximum absolute atomic E-state index is 5.23. The Kier molecular flexibility index (Phi) is 18.4. The molecule has 0 radical (unpaired) electrons. The molecule has 0 fully saturated rings. The first-order chi connectivity index (χ1) is 14.8. The summed E-state index contributed by atoms with van der Waals surface area (Å²) in [5.74, 6) is 0. The minimum Gasteiger partial charge on any atom is -0.361 e. The van der Waals surface area contributed by atoms with Crippen LogP contribution in [0.25, 0.3) is 0 Å². The SMILES string of the molecule is CCCCCCCCCCCCCCCCCCNC(=S)N/N=C\c1ccncc1. The van der Waals surface area contributed by atoms with Gasteiger partial charge in [0, 0.05) is 18.9 Å². The summed E-state index contributed by atoms with van der Waals surface area (Å²) in [7, 11) is 0. The Morgan fingerprint density at radius 1 is 0.800 bits per heavy atom. The fourth-order valence-corrected chi connectivity index (χ4v) is 3.68. The number of hydrogen-bond acceptors (Lipinski definition) is 3. The lowest BCUT2D eigenvalue weighted by Gasteiger charge is -2.07. The highest BCUT2D eigenvalue weighted by atomic mass is 32.1. The summed E-state index contributed by atoms with van der Waals surface area (Å²) >= 11 is 5.23. The van der Waals surface area contributed by atoms with Crippen molar-refractivity contribution in [1.82, 2.24) is 15.7 Å². The molecule has 0 aliphatic heterocycles. The summed E-state index contributed by atoms with van der Waals surface area (Å²) in [6.07, 6.45) is 27.5. The van der Waals surface area contributed by atoms with Crippen molar-refractivity contribution in [3.63, 3.8) is 0 Å². The van der Waals surface area contributed by atoms with Crippen molar-refractivity contribution in [1.29, 1.82) is 0 Å². The molecule has 1 rings (SSSR count). The molecule has 0 spiro atoms. The van der Waals surface area contributed by atoms with E-state index in [0.29, 0.717) is 5.11 Å². The van der Waals surface area contributed by atoms with Gasteiger partial charge in [-0.25, -0.2) is 0 Å². The number of unbranched alkanes of at least 4 members (excludes halogenated alkanes) is 15. The van der Waals surface area contributed by atoms with Gasteiger partial charge in [-0.05, 0) is 36.3 Å². The maximum Gasteiger partial charge on any atom is 0.186 e. The quantitative estimate of drug-likeness (QED) is 0.106. The average molecular weight is 433 g/mol. The standard InChI is InChI=1S/C25H44N4S/c1-2-3-4-5-6-7-8-9-10-11-12-13-14-15-16-17-20-27-25(30)29-28-23-24-18-21-26-22-19-24/h18-19,21-23H,2-17,20H2,1H3,(H2,27,29,30)/b28-23-. The molecule has 0 aliphatic rings. The Morgan fingerprint density at radius 2 is 1.27 bits per heavy atom. The van der Waals surface area contributed by atoms with Crippen LogP contribution in [0, 0.1) is 0 Å². The number of nitrogens with one attached hydrogen (secondary N) is 2. The molecule has 0 unspecified atom stereocenters. The van der Waals surface area contributed by atoms with Crippen molar-refractivity contribution in [2.24, 2.45) is 5.10 Å². The van der Waals surface area contributed by atoms with Gasteiger partial charge in [0.2, 0.25) is 0 Å². The molecular weight excluding hydrogens is 388 g/mol. The highest BCUT2D eigenvalue weighted by Gasteiger charge is 1.96. The maximum atomic E-state index is 5.23. The highest BCUT2D eigenvalue weighted by Crippen LogP contribution is 2.13. The van der Waals surface area contributed by atoms with Gasteiger partial charge in [-0.1, -0.05) is 103 Å². The van der Waals surface area contributed by atoms with E-state index >= 15 is 0 Å². The zero-order chi connectivity index (χ0) is 21.5. The second kappa shape index (κ2) is 20.8. The summed E-state index contributed by atoms with van der Waals surface area (Å²) in [5, 5.41) is 7.93. The predicted molar refractivity (Wildman–Crippen MR) is 135 cm³/mol. The zero-order valence-electron chi connectivity index (χ0n) is 19.2. The Balaban J connectivity index is 1.77. The van der Waals surface area contributed by atoms with Crippen LogP contribution in [0.3, 0.4) is 0 Å². The monoisotopic (exact) mass is 432 g/mol. The van der Waals surface area contributed by atoms with E-state index in [1.54, 1.807) is 18.6 Å². The summed E-state index contributed by atoms with van der Waals surface area (Å²) in [5.41, 5.74) is 3.85. The van der Waals surface area contributed by atoms with Gasteiger partial charge in [-0.3, -0.25) is 10.4 Å². The number of pyridine rings is 1. The first kappa shape index (κ1) is 26.5. The Bertz CT molecular complexity index is 533. The molecule has 170 valence electrons. The lowest BCUT2D eigenvalue weighted by Crippen LogP contribution is -2.32. The van der Waals surface area contributed by atoms with Crippen LogP contribution in [0.5, 0.6) is 0 Å². The van der Waals surface area contributed by atoms with Gasteiger partial charge in [-0.15, -0.1) is 0 Å². The molecule has 5 heteroatoms. The lowest BCUT2D eigenvalue weighted by molar-refractivity contribution is 0.529. The van der Waals surface area contributed by atoms with E-state index in [4.69, 9.17) is 12.2 Å². The normalized spacial score (nSPS) is 11.1. The molecule has 0 aromatic carbocycles. The largest absolute Gasteiger partial charge is 0.361 e. The Labute approximate surface area is 190 Å². The third-order valence-electron chi connectivity index (χ3n) is 5.40. The van der Waals surface area contributed by atoms with E-state index in [2.05, 4.69) is 27.8 Å². The van der Waals surface area contributed by atoms with Crippen molar-refractivity contribution >= 4 is 23.5 Å². The van der Waals surface area contributed by atoms with Crippen LogP contribution in [-0.4, -0.2) is 22.9 Å². The van der Waals surface area contributed by atoms with E-state index in [1.165, 1.54) is 96.3 Å². The topological polar surface area (TPSA) is 49.3 Å². The number of hydrazone groups is 1. The Hall–Kier alpha value is -1.49. The lowest BCUT2D eigenvalue weighted by atomic mass is 10.0. The van der Waals surface area contributed by atoms with Crippen LogP contribution < -0.4 is 10.7 Å². The van der Waals surface area contributed by atoms with Crippen molar-refractivity contribution < 1.29 is 0 Å². The molecule has 30 heavy (non-hydrogen) atoms. The molecule has 2 N–H and O–H groups in total. The fourth-order valence-electron chi connectivity index (χ4n) is 3.53. The van der Waals surface area contributed by atoms with Crippen molar-refractivity contribution in [2.75, 3.05) is 6.54 Å². The average Bonchev–Trinajstić information content (AvgIpc) is 2.76. The van der Waals surface area contributed by atoms with Crippen LogP contribution >= 0.6 is 12.2 Å². The molecule has 1 heterocycles. The van der Waals surface area contributed by atoms with Crippen LogP contribution in [0.2, 0.25) is 0 Å². The van der Waals surface area contributed by atoms with E-state index in [0.717, 1.165) is 18.5 Å². The van der Waals surface area contributed by atoms with Crippen LogP contribution in [0.1, 0.15) is 115 Å². The fraction of sp³-hybridized carbons (Fsp3) is 0.720. The molecule has 1 aromatic rings. The first-order valence-electron chi connectivity index (χ1n) is 12.3. The molecule has 1 aromatic heterocycles. The van der Waals surface area contributed by atoms with Crippen LogP contribution in [0.15, 0.2) is 29.6 Å². The molecule has 0 saturated heterocycles. The first-order valence-corrected chi connectivity index (χ1v) is 12.7. The second-order valence-corrected chi connectivity index (χ2v) is 8.62. The minimum absolute atomic E-state index is 0.585. The van der Waals surface area contributed by atoms with E-state index in [1.807, 2.05) is 12.1 Å². The molecule has 0 saturated carbocycles. The van der Waals surface area contributed by atoms with Crippen molar-refractivity contribution in [3.8, 4) is 0 Å². The molecular formula is C25H44N4S. The molecule has 0 atom stereocenters. The third-order valence-corrected chi connectivity index (χ3v) is 5.64. The summed E-state index contributed by atoms with van der Waals surface area (Å²) in [4.78, 5) is 3.98. The second-order valence-electron chi connectivity index (χ2n) is 8.21. The third kappa shape index (κ3) is 17.4. The van der Waals surface area contributed by atoms with E-state index in [-0.39, 0.29) is 0 Å². The zero-order valence-corrected chi connectivity index (χ0v) is 20.0. The van der Waals surface area contributed by atoms with E-state index in [9.17, 15) is 0 Å². The summed E-state index contributed by atoms with van der Waals surface area (Å²) < 4.78 is 0. The smallest absolute Gasteiger partial charge is 0.186 e. The van der Waals surface area contributed by atoms with Crippen LogP contribution in [-0.2, 0) is 0 Å². The summed E-state index contributed by atoms with van der Waals surface area (Å²) in [6, 6.07) is 3.80. The van der Waals surface area contributed by atoms with Gasteiger partial charge in [0.05, 0.1) is 6.21 Å². The van der Waals surface area contributed by atoms with Gasteiger partial charge in [-0.2, -0.15) is 5.10 Å². The predicted octanol–water partition coefficient (Wildman–Crippen LogP) is 7.14. The Morgan fingerprint density at radius 3 is 1.77 bits per heavy atom. The number of nitrogens with zero attached hydrogens (tertiary/aromatic N) is 2. The number of rotatable bonds is 19. The summed E-state index contributed by atoms with van der Waals surface area (Å²) in [6.45, 7) is 3.20. The van der Waals surface area contributed by atoms with Gasteiger partial charge < -0.3 is 5.32 Å². The molecule has 0 aliphatic carbocycles. The highest BCUT2D eigenvalue weighted by molar-refractivity contribution is 7.80. The molecule has 0 bridgehead atoms. The number of hydrogen-bond donors (Lipinski definition) is 2. The van der Waals surface area contributed by atoms with Gasteiger partial charge in [0.15, 0.2) is 5.11 Å². The van der Waals surface area contributed by atoms with Gasteiger partial charge >= 0.3 is 0 Å². The molecule has 0 amide bonds. The van der Waals surface area contributed by atoms with Crippen molar-refractivity contribution in [2.45, 2.75) is 110 Å². The van der Waals surface area contributed by atoms with Crippen molar-refractivity contribution in [3.05, 3.63) is 30.1 Å². The van der Waals surface area contributed by atoms with Gasteiger partial charge in [0.1, 0.15) is 0 Å².